The van der Waals surface area contributed by atoms with Crippen LogP contribution in [0.15, 0.2) is 71.3 Å². The summed E-state index contributed by atoms with van der Waals surface area (Å²) in [5.41, 5.74) is 0.931. The molecule has 0 spiro atoms. The molecular weight excluding hydrogens is 674 g/mol. The number of aromatic nitrogens is 1. The number of amides is 4. The Bertz CT molecular complexity index is 1700. The molecule has 4 N–H and O–H groups in total. The molecular formula is C41H53N5O7. The van der Waals surface area contributed by atoms with Crippen molar-refractivity contribution >= 4 is 29.4 Å². The fourth-order valence-electron chi connectivity index (χ4n) is 6.96. The van der Waals surface area contributed by atoms with Crippen molar-refractivity contribution in [2.24, 2.45) is 11.8 Å². The summed E-state index contributed by atoms with van der Waals surface area (Å²) in [4.78, 5) is 69.2. The van der Waals surface area contributed by atoms with E-state index >= 15 is 0 Å². The van der Waals surface area contributed by atoms with Gasteiger partial charge in [-0.05, 0) is 68.9 Å². The van der Waals surface area contributed by atoms with Crippen molar-refractivity contribution in [2.45, 2.75) is 115 Å². The number of ether oxygens (including phenoxy) is 1. The molecule has 2 fully saturated rings. The molecule has 0 unspecified atom stereocenters. The fourth-order valence-corrected chi connectivity index (χ4v) is 6.96. The molecule has 12 heteroatoms. The van der Waals surface area contributed by atoms with Gasteiger partial charge in [-0.15, -0.1) is 0 Å². The quantitative estimate of drug-likeness (QED) is 0.140. The number of Topliss-reactive ketones (excluding diaryl/α,β-unsaturated/α-hetero) is 1. The van der Waals surface area contributed by atoms with E-state index in [0.717, 1.165) is 43.2 Å². The van der Waals surface area contributed by atoms with Gasteiger partial charge in [-0.3, -0.25) is 24.0 Å². The molecule has 1 aliphatic heterocycles. The molecule has 5 atom stereocenters. The van der Waals surface area contributed by atoms with Gasteiger partial charge in [0.05, 0.1) is 12.6 Å². The zero-order chi connectivity index (χ0) is 38.0. The second kappa shape index (κ2) is 18.3. The highest BCUT2D eigenvalue weighted by molar-refractivity contribution is 5.99. The Morgan fingerprint density at radius 1 is 0.792 bits per heavy atom. The third-order valence-corrected chi connectivity index (χ3v) is 10.1. The summed E-state index contributed by atoms with van der Waals surface area (Å²) in [6.45, 7) is 7.65. The van der Waals surface area contributed by atoms with Crippen LogP contribution in [-0.2, 0) is 36.8 Å². The van der Waals surface area contributed by atoms with Gasteiger partial charge >= 0.3 is 0 Å². The Morgan fingerprint density at radius 2 is 1.40 bits per heavy atom. The molecule has 1 aliphatic carbocycles. The summed E-state index contributed by atoms with van der Waals surface area (Å²) in [7, 11) is 0. The Morgan fingerprint density at radius 3 is 1.98 bits per heavy atom. The van der Waals surface area contributed by atoms with Gasteiger partial charge in [-0.2, -0.15) is 0 Å². The molecule has 4 amide bonds. The van der Waals surface area contributed by atoms with E-state index in [9.17, 15) is 24.0 Å². The maximum absolute atomic E-state index is 14.4. The third kappa shape index (κ3) is 11.3. The molecule has 1 saturated carbocycles. The van der Waals surface area contributed by atoms with Crippen molar-refractivity contribution in [3.8, 4) is 0 Å². The summed E-state index contributed by atoms with van der Waals surface area (Å²) < 4.78 is 10.5. The number of ketones is 1. The van der Waals surface area contributed by atoms with Crippen LogP contribution in [0.1, 0.15) is 93.1 Å². The standard InChI is InChI=1S/C41H53N5O7/c1-26(2)22-32(36(47)41(4)25-52-41)43-38(49)33(24-29-16-10-6-11-17-29)44-40(51)35(30-18-12-7-13-19-30)45-37(48)31(21-20-28-14-8-5-9-15-28)42-39(50)34-23-27(3)53-46-34/h5-6,8-11,14-17,23,26,30-33,35H,7,12-13,18-22,24-25H2,1-4H3,(H,42,50)(H,43,49)(H,44,51)(H,45,48)/t31-,32-,33-,35-,41+/m0/s1. The predicted octanol–water partition coefficient (Wildman–Crippen LogP) is 4.40. The molecule has 2 aliphatic rings. The maximum Gasteiger partial charge on any atom is 0.274 e. The van der Waals surface area contributed by atoms with Gasteiger partial charge in [0, 0.05) is 12.5 Å². The molecule has 1 aromatic heterocycles. The smallest absolute Gasteiger partial charge is 0.274 e. The van der Waals surface area contributed by atoms with Crippen LogP contribution in [-0.4, -0.2) is 70.9 Å². The average Bonchev–Trinajstić information content (AvgIpc) is 3.76. The normalized spacial score (nSPS) is 19.3. The lowest BCUT2D eigenvalue weighted by Gasteiger charge is -2.33. The van der Waals surface area contributed by atoms with Crippen LogP contribution in [0, 0.1) is 18.8 Å². The second-order valence-corrected chi connectivity index (χ2v) is 15.1. The van der Waals surface area contributed by atoms with Gasteiger partial charge in [0.15, 0.2) is 11.5 Å². The van der Waals surface area contributed by atoms with Gasteiger partial charge in [0.1, 0.15) is 29.5 Å². The van der Waals surface area contributed by atoms with Crippen LogP contribution in [0.5, 0.6) is 0 Å². The van der Waals surface area contributed by atoms with Crippen molar-refractivity contribution < 1.29 is 33.2 Å². The largest absolute Gasteiger partial charge is 0.361 e. The van der Waals surface area contributed by atoms with E-state index in [4.69, 9.17) is 9.26 Å². The Kier molecular flexibility index (Phi) is 13.6. The lowest BCUT2D eigenvalue weighted by molar-refractivity contribution is -0.135. The molecule has 284 valence electrons. The molecule has 53 heavy (non-hydrogen) atoms. The minimum Gasteiger partial charge on any atom is -0.361 e. The molecule has 2 heterocycles. The predicted molar refractivity (Wildman–Crippen MR) is 199 cm³/mol. The summed E-state index contributed by atoms with van der Waals surface area (Å²) in [6.07, 6.45) is 5.62. The molecule has 2 aromatic carbocycles. The summed E-state index contributed by atoms with van der Waals surface area (Å²) in [5.74, 6) is -1.86. The number of hydrogen-bond donors (Lipinski definition) is 4. The van der Waals surface area contributed by atoms with Crippen molar-refractivity contribution in [3.63, 3.8) is 0 Å². The van der Waals surface area contributed by atoms with Gasteiger partial charge in [-0.25, -0.2) is 0 Å². The highest BCUT2D eigenvalue weighted by atomic mass is 16.6. The highest BCUT2D eigenvalue weighted by Gasteiger charge is 2.50. The van der Waals surface area contributed by atoms with Gasteiger partial charge < -0.3 is 30.5 Å². The van der Waals surface area contributed by atoms with E-state index in [1.165, 1.54) is 6.07 Å². The number of aryl methyl sites for hydroxylation is 2. The van der Waals surface area contributed by atoms with Crippen LogP contribution >= 0.6 is 0 Å². The van der Waals surface area contributed by atoms with Crippen LogP contribution in [0.2, 0.25) is 0 Å². The minimum atomic E-state index is -1.03. The number of nitrogens with one attached hydrogen (secondary N) is 4. The summed E-state index contributed by atoms with van der Waals surface area (Å²) in [5, 5.41) is 15.5. The molecule has 5 rings (SSSR count). The number of hydrogen-bond acceptors (Lipinski definition) is 8. The van der Waals surface area contributed by atoms with E-state index in [1.54, 1.807) is 13.8 Å². The van der Waals surface area contributed by atoms with Gasteiger partial charge in [0.25, 0.3) is 5.91 Å². The van der Waals surface area contributed by atoms with E-state index < -0.39 is 53.4 Å². The van der Waals surface area contributed by atoms with Crippen LogP contribution in [0.4, 0.5) is 0 Å². The third-order valence-electron chi connectivity index (χ3n) is 10.1. The molecule has 3 aromatic rings. The SMILES string of the molecule is Cc1cc(C(=O)N[C@@H](CCc2ccccc2)C(=O)N[C@H](C(=O)N[C@@H](Cc2ccccc2)C(=O)N[C@@H](CC(C)C)C(=O)[C@@]2(C)CO2)C2CCCCC2)no1. The first-order valence-electron chi connectivity index (χ1n) is 18.8. The maximum atomic E-state index is 14.4. The lowest BCUT2D eigenvalue weighted by atomic mass is 9.83. The van der Waals surface area contributed by atoms with Crippen molar-refractivity contribution in [2.75, 3.05) is 6.61 Å². The molecule has 0 radical (unpaired) electrons. The zero-order valence-corrected chi connectivity index (χ0v) is 31.2. The number of carbonyl (C=O) groups is 5. The Labute approximate surface area is 311 Å². The van der Waals surface area contributed by atoms with Crippen LogP contribution in [0.3, 0.4) is 0 Å². The highest BCUT2D eigenvalue weighted by Crippen LogP contribution is 2.30. The number of carbonyl (C=O) groups excluding carboxylic acids is 5. The van der Waals surface area contributed by atoms with E-state index in [2.05, 4.69) is 26.4 Å². The van der Waals surface area contributed by atoms with Crippen molar-refractivity contribution in [1.29, 1.82) is 0 Å². The van der Waals surface area contributed by atoms with Crippen LogP contribution in [0.25, 0.3) is 0 Å². The molecule has 0 bridgehead atoms. The van der Waals surface area contributed by atoms with E-state index in [0.29, 0.717) is 25.2 Å². The molecule has 1 saturated heterocycles. The number of benzene rings is 2. The topological polar surface area (TPSA) is 172 Å². The first-order chi connectivity index (χ1) is 25.4. The first kappa shape index (κ1) is 39.4. The minimum absolute atomic E-state index is 0.0489. The van der Waals surface area contributed by atoms with Gasteiger partial charge in [-0.1, -0.05) is 98.9 Å². The Hall–Kier alpha value is -4.84. The fraction of sp³-hybridized carbons (Fsp3) is 0.512. The van der Waals surface area contributed by atoms with Crippen molar-refractivity contribution in [1.82, 2.24) is 26.4 Å². The van der Waals surface area contributed by atoms with Crippen LogP contribution < -0.4 is 21.3 Å². The first-order valence-corrected chi connectivity index (χ1v) is 18.8. The van der Waals surface area contributed by atoms with E-state index in [-0.39, 0.29) is 36.2 Å². The summed E-state index contributed by atoms with van der Waals surface area (Å²) >= 11 is 0. The number of rotatable bonds is 18. The zero-order valence-electron chi connectivity index (χ0n) is 31.2. The van der Waals surface area contributed by atoms with Gasteiger partial charge in [0.2, 0.25) is 17.7 Å². The number of nitrogens with zero attached hydrogens (tertiary/aromatic N) is 1. The molecule has 12 nitrogen and oxygen atoms in total. The second-order valence-electron chi connectivity index (χ2n) is 15.1. The Balaban J connectivity index is 1.37. The average molecular weight is 728 g/mol. The van der Waals surface area contributed by atoms with E-state index in [1.807, 2.05) is 74.5 Å². The lowest BCUT2D eigenvalue weighted by Crippen LogP contribution is -2.60. The monoisotopic (exact) mass is 727 g/mol. The number of epoxide rings is 1. The van der Waals surface area contributed by atoms with Crippen molar-refractivity contribution in [3.05, 3.63) is 89.3 Å². The summed E-state index contributed by atoms with van der Waals surface area (Å²) in [6, 6.07) is 16.7.